The second-order valence-corrected chi connectivity index (χ2v) is 3.94. The van der Waals surface area contributed by atoms with Crippen LogP contribution in [0.15, 0.2) is 28.2 Å². The molecule has 1 aromatic carbocycles. The van der Waals surface area contributed by atoms with Crippen LogP contribution in [0.5, 0.6) is 0 Å². The largest absolute Gasteiger partial charge is 0.398 e. The smallest absolute Gasteiger partial charge is 0.296 e. The summed E-state index contributed by atoms with van der Waals surface area (Å²) in [5, 5.41) is 3.25. The second-order valence-electron chi connectivity index (χ2n) is 2.55. The lowest BCUT2D eigenvalue weighted by atomic mass is 10.2. The predicted molar refractivity (Wildman–Crippen MR) is 52.5 cm³/mol. The fourth-order valence-electron chi connectivity index (χ4n) is 0.968. The molecule has 0 aromatic heterocycles. The van der Waals surface area contributed by atoms with Gasteiger partial charge in [-0.25, -0.2) is 0 Å². The third-order valence-corrected chi connectivity index (χ3v) is 2.46. The molecule has 6 nitrogen and oxygen atoms in total. The number of hydrazone groups is 1. The van der Waals surface area contributed by atoms with E-state index in [4.69, 9.17) is 16.1 Å². The fourth-order valence-corrected chi connectivity index (χ4v) is 1.57. The molecule has 0 spiro atoms. The molecule has 0 aliphatic rings. The number of rotatable bonds is 2. The monoisotopic (exact) mass is 215 g/mol. The summed E-state index contributed by atoms with van der Waals surface area (Å²) in [6.07, 6.45) is 1.31. The van der Waals surface area contributed by atoms with Gasteiger partial charge in [0.25, 0.3) is 10.1 Å². The Morgan fingerprint density at radius 1 is 1.43 bits per heavy atom. The first-order chi connectivity index (χ1) is 6.45. The topological polar surface area (TPSA) is 119 Å². The normalized spacial score (nSPS) is 12.1. The third-order valence-electron chi connectivity index (χ3n) is 1.54. The van der Waals surface area contributed by atoms with Crippen molar-refractivity contribution < 1.29 is 13.0 Å². The molecule has 0 saturated carbocycles. The van der Waals surface area contributed by atoms with Crippen LogP contribution in [0.4, 0.5) is 5.69 Å². The molecule has 0 bridgehead atoms. The maximum atomic E-state index is 10.7. The van der Waals surface area contributed by atoms with E-state index in [2.05, 4.69) is 5.10 Å². The van der Waals surface area contributed by atoms with Crippen LogP contribution in [-0.2, 0) is 10.1 Å². The molecule has 0 heterocycles. The van der Waals surface area contributed by atoms with Crippen molar-refractivity contribution in [2.24, 2.45) is 10.9 Å². The van der Waals surface area contributed by atoms with Crippen molar-refractivity contribution in [3.05, 3.63) is 23.8 Å². The van der Waals surface area contributed by atoms with Gasteiger partial charge in [0.1, 0.15) is 4.90 Å². The van der Waals surface area contributed by atoms with Crippen LogP contribution in [0.1, 0.15) is 5.56 Å². The number of hydrogen-bond donors (Lipinski definition) is 3. The molecule has 1 rings (SSSR count). The molecule has 0 saturated heterocycles. The molecule has 1 aromatic rings. The first-order valence-corrected chi connectivity index (χ1v) is 4.99. The zero-order valence-electron chi connectivity index (χ0n) is 7.08. The van der Waals surface area contributed by atoms with Gasteiger partial charge in [0.15, 0.2) is 0 Å². The third kappa shape index (κ3) is 2.21. The Hall–Kier alpha value is -1.60. The standard InChI is InChI=1S/C7H9N3O3S/c8-6-3-5(4-10-9)1-2-7(6)14(11,12)13/h1-4H,8-9H2,(H,11,12,13). The fraction of sp³-hybridized carbons (Fsp3) is 0. The molecular formula is C7H9N3O3S. The van der Waals surface area contributed by atoms with Gasteiger partial charge in [0.05, 0.1) is 11.9 Å². The van der Waals surface area contributed by atoms with Crippen LogP contribution < -0.4 is 11.6 Å². The van der Waals surface area contributed by atoms with Crippen molar-refractivity contribution in [3.8, 4) is 0 Å². The molecule has 0 unspecified atom stereocenters. The number of nitrogen functional groups attached to an aromatic ring is 1. The van der Waals surface area contributed by atoms with Crippen LogP contribution in [0, 0.1) is 0 Å². The highest BCUT2D eigenvalue weighted by Crippen LogP contribution is 2.18. The van der Waals surface area contributed by atoms with Gasteiger partial charge >= 0.3 is 0 Å². The molecule has 0 radical (unpaired) electrons. The predicted octanol–water partition coefficient (Wildman–Crippen LogP) is -0.192. The van der Waals surface area contributed by atoms with E-state index in [1.807, 2.05) is 0 Å². The Morgan fingerprint density at radius 2 is 2.07 bits per heavy atom. The zero-order chi connectivity index (χ0) is 10.8. The summed E-state index contributed by atoms with van der Waals surface area (Å²) < 4.78 is 30.2. The van der Waals surface area contributed by atoms with Crippen LogP contribution in [0.3, 0.4) is 0 Å². The van der Waals surface area contributed by atoms with E-state index in [1.54, 1.807) is 0 Å². The van der Waals surface area contributed by atoms with Crippen LogP contribution in [-0.4, -0.2) is 19.2 Å². The van der Waals surface area contributed by atoms with Gasteiger partial charge in [-0.2, -0.15) is 13.5 Å². The lowest BCUT2D eigenvalue weighted by Crippen LogP contribution is -2.03. The Kier molecular flexibility index (Phi) is 2.73. The van der Waals surface area contributed by atoms with Crippen molar-refractivity contribution in [2.45, 2.75) is 4.90 Å². The lowest BCUT2D eigenvalue weighted by Gasteiger charge is -2.02. The Labute approximate surface area is 81.0 Å². The Morgan fingerprint density at radius 3 is 2.50 bits per heavy atom. The quantitative estimate of drug-likeness (QED) is 0.208. The molecule has 0 aliphatic heterocycles. The molecule has 0 aliphatic carbocycles. The van der Waals surface area contributed by atoms with E-state index in [9.17, 15) is 8.42 Å². The SMILES string of the molecule is NN=Cc1ccc(S(=O)(=O)O)c(N)c1. The van der Waals surface area contributed by atoms with Crippen molar-refractivity contribution in [1.29, 1.82) is 0 Å². The molecule has 14 heavy (non-hydrogen) atoms. The van der Waals surface area contributed by atoms with Gasteiger partial charge in [-0.1, -0.05) is 6.07 Å². The average molecular weight is 215 g/mol. The molecule has 5 N–H and O–H groups in total. The van der Waals surface area contributed by atoms with Gasteiger partial charge in [-0.15, -0.1) is 0 Å². The molecule has 7 heteroatoms. The number of benzene rings is 1. The summed E-state index contributed by atoms with van der Waals surface area (Å²) in [4.78, 5) is -0.327. The number of hydrogen-bond acceptors (Lipinski definition) is 5. The number of nitrogens with two attached hydrogens (primary N) is 2. The first-order valence-electron chi connectivity index (χ1n) is 3.55. The molecule has 76 valence electrons. The van der Waals surface area contributed by atoms with Crippen LogP contribution in [0.25, 0.3) is 0 Å². The molecule has 0 atom stereocenters. The minimum Gasteiger partial charge on any atom is -0.398 e. The molecular weight excluding hydrogens is 206 g/mol. The average Bonchev–Trinajstić information content (AvgIpc) is 2.02. The van der Waals surface area contributed by atoms with E-state index in [1.165, 1.54) is 24.4 Å². The molecule has 0 fully saturated rings. The van der Waals surface area contributed by atoms with E-state index in [0.717, 1.165) is 0 Å². The maximum Gasteiger partial charge on any atom is 0.296 e. The van der Waals surface area contributed by atoms with E-state index in [0.29, 0.717) is 5.56 Å². The van der Waals surface area contributed by atoms with Crippen molar-refractivity contribution in [1.82, 2.24) is 0 Å². The highest BCUT2D eigenvalue weighted by Gasteiger charge is 2.13. The van der Waals surface area contributed by atoms with E-state index in [-0.39, 0.29) is 10.6 Å². The highest BCUT2D eigenvalue weighted by atomic mass is 32.2. The summed E-state index contributed by atoms with van der Waals surface area (Å²) in [6.45, 7) is 0. The summed E-state index contributed by atoms with van der Waals surface area (Å²) in [5.41, 5.74) is 5.90. The highest BCUT2D eigenvalue weighted by molar-refractivity contribution is 7.86. The maximum absolute atomic E-state index is 10.7. The van der Waals surface area contributed by atoms with Crippen LogP contribution >= 0.6 is 0 Å². The lowest BCUT2D eigenvalue weighted by molar-refractivity contribution is 0.483. The molecule has 0 amide bonds. The van der Waals surface area contributed by atoms with Gasteiger partial charge in [0, 0.05) is 0 Å². The van der Waals surface area contributed by atoms with Crippen LogP contribution in [0.2, 0.25) is 0 Å². The van der Waals surface area contributed by atoms with E-state index >= 15 is 0 Å². The minimum atomic E-state index is -4.27. The first kappa shape index (κ1) is 10.5. The van der Waals surface area contributed by atoms with Crippen molar-refractivity contribution in [2.75, 3.05) is 5.73 Å². The number of nitrogens with zero attached hydrogens (tertiary/aromatic N) is 1. The Bertz CT molecular complexity index is 467. The van der Waals surface area contributed by atoms with Crippen molar-refractivity contribution >= 4 is 22.0 Å². The Balaban J connectivity index is 3.28. The van der Waals surface area contributed by atoms with Gasteiger partial charge < -0.3 is 11.6 Å². The summed E-state index contributed by atoms with van der Waals surface area (Å²) in [7, 11) is -4.27. The summed E-state index contributed by atoms with van der Waals surface area (Å²) >= 11 is 0. The summed E-state index contributed by atoms with van der Waals surface area (Å²) in [6, 6.07) is 3.96. The van der Waals surface area contributed by atoms with Gasteiger partial charge in [0.2, 0.25) is 0 Å². The minimum absolute atomic E-state index is 0.0510. The second kappa shape index (κ2) is 3.64. The zero-order valence-corrected chi connectivity index (χ0v) is 7.90. The van der Waals surface area contributed by atoms with Crippen molar-refractivity contribution in [3.63, 3.8) is 0 Å². The van der Waals surface area contributed by atoms with Gasteiger partial charge in [-0.3, -0.25) is 4.55 Å². The van der Waals surface area contributed by atoms with E-state index < -0.39 is 10.1 Å². The summed E-state index contributed by atoms with van der Waals surface area (Å²) in [5.74, 6) is 4.90. The number of anilines is 1. The van der Waals surface area contributed by atoms with Gasteiger partial charge in [-0.05, 0) is 17.7 Å².